The van der Waals surface area contributed by atoms with Crippen molar-refractivity contribution in [2.75, 3.05) is 20.3 Å². The lowest BCUT2D eigenvalue weighted by Gasteiger charge is -2.23. The Balaban J connectivity index is 2.34. The minimum Gasteiger partial charge on any atom is -0.389 e. The summed E-state index contributed by atoms with van der Waals surface area (Å²) in [6, 6.07) is 0. The Morgan fingerprint density at radius 2 is 2.18 bits per heavy atom. The standard InChI is InChI=1S/C11H22N4O2/c1-9-13-14-10(15(9)3)7-12-8-11(2,16)5-6-17-4/h12,16H,5-8H2,1-4H3. The number of nitrogens with one attached hydrogen (secondary N) is 1. The molecule has 17 heavy (non-hydrogen) atoms. The highest BCUT2D eigenvalue weighted by Crippen LogP contribution is 2.07. The largest absolute Gasteiger partial charge is 0.389 e. The summed E-state index contributed by atoms with van der Waals surface area (Å²) in [5.41, 5.74) is -0.760. The molecule has 0 aliphatic heterocycles. The fraction of sp³-hybridized carbons (Fsp3) is 0.818. The molecule has 1 unspecified atom stereocenters. The van der Waals surface area contributed by atoms with Crippen LogP contribution in [-0.4, -0.2) is 45.7 Å². The smallest absolute Gasteiger partial charge is 0.146 e. The van der Waals surface area contributed by atoms with Crippen LogP contribution in [0.1, 0.15) is 25.0 Å². The van der Waals surface area contributed by atoms with Gasteiger partial charge in [-0.3, -0.25) is 0 Å². The average Bonchev–Trinajstić information content (AvgIpc) is 2.58. The number of aromatic nitrogens is 3. The topological polar surface area (TPSA) is 72.2 Å². The summed E-state index contributed by atoms with van der Waals surface area (Å²) < 4.78 is 6.88. The summed E-state index contributed by atoms with van der Waals surface area (Å²) in [5, 5.41) is 21.2. The normalized spacial score (nSPS) is 14.9. The second-order valence-corrected chi connectivity index (χ2v) is 4.57. The van der Waals surface area contributed by atoms with Gasteiger partial charge in [-0.05, 0) is 13.8 Å². The minimum absolute atomic E-state index is 0.502. The Hall–Kier alpha value is -0.980. The van der Waals surface area contributed by atoms with E-state index in [9.17, 15) is 5.11 Å². The summed E-state index contributed by atoms with van der Waals surface area (Å²) in [6.45, 7) is 5.35. The zero-order valence-electron chi connectivity index (χ0n) is 11.0. The van der Waals surface area contributed by atoms with Gasteiger partial charge in [-0.15, -0.1) is 10.2 Å². The molecule has 0 aliphatic carbocycles. The highest BCUT2D eigenvalue weighted by atomic mass is 16.5. The number of aryl methyl sites for hydroxylation is 1. The molecule has 0 saturated carbocycles. The summed E-state index contributed by atoms with van der Waals surface area (Å²) in [6.07, 6.45) is 0.605. The minimum atomic E-state index is -0.760. The van der Waals surface area contributed by atoms with Crippen molar-refractivity contribution < 1.29 is 9.84 Å². The van der Waals surface area contributed by atoms with E-state index < -0.39 is 5.60 Å². The van der Waals surface area contributed by atoms with E-state index in [0.717, 1.165) is 11.6 Å². The van der Waals surface area contributed by atoms with E-state index in [2.05, 4.69) is 15.5 Å². The molecule has 1 rings (SSSR count). The van der Waals surface area contributed by atoms with Gasteiger partial charge in [0.2, 0.25) is 0 Å². The maximum atomic E-state index is 10.0. The third kappa shape index (κ3) is 4.41. The van der Waals surface area contributed by atoms with Crippen molar-refractivity contribution in [3.8, 4) is 0 Å². The SMILES string of the molecule is COCCC(C)(O)CNCc1nnc(C)n1C. The van der Waals surface area contributed by atoms with Gasteiger partial charge in [-0.1, -0.05) is 0 Å². The molecule has 0 spiro atoms. The second-order valence-electron chi connectivity index (χ2n) is 4.57. The zero-order valence-corrected chi connectivity index (χ0v) is 11.0. The predicted octanol–water partition coefficient (Wildman–Crippen LogP) is 0.000620. The average molecular weight is 242 g/mol. The van der Waals surface area contributed by atoms with E-state index in [4.69, 9.17) is 4.74 Å². The van der Waals surface area contributed by atoms with Crippen LogP contribution in [0.15, 0.2) is 0 Å². The Morgan fingerprint density at radius 1 is 1.47 bits per heavy atom. The molecular formula is C11H22N4O2. The van der Waals surface area contributed by atoms with Crippen LogP contribution in [0.2, 0.25) is 0 Å². The fourth-order valence-corrected chi connectivity index (χ4v) is 1.46. The molecule has 0 amide bonds. The molecule has 1 aromatic heterocycles. The van der Waals surface area contributed by atoms with Crippen LogP contribution in [0.3, 0.4) is 0 Å². The van der Waals surface area contributed by atoms with Crippen molar-refractivity contribution in [1.29, 1.82) is 0 Å². The molecule has 1 heterocycles. The van der Waals surface area contributed by atoms with E-state index in [0.29, 0.717) is 26.1 Å². The van der Waals surface area contributed by atoms with Crippen LogP contribution in [0.25, 0.3) is 0 Å². The highest BCUT2D eigenvalue weighted by Gasteiger charge is 2.19. The Morgan fingerprint density at radius 3 is 2.71 bits per heavy atom. The summed E-state index contributed by atoms with van der Waals surface area (Å²) >= 11 is 0. The van der Waals surface area contributed by atoms with Crippen LogP contribution < -0.4 is 5.32 Å². The van der Waals surface area contributed by atoms with Crippen molar-refractivity contribution in [3.05, 3.63) is 11.6 Å². The lowest BCUT2D eigenvalue weighted by molar-refractivity contribution is 0.0246. The first-order valence-corrected chi connectivity index (χ1v) is 5.73. The van der Waals surface area contributed by atoms with E-state index in [1.165, 1.54) is 0 Å². The van der Waals surface area contributed by atoms with Crippen molar-refractivity contribution in [1.82, 2.24) is 20.1 Å². The maximum Gasteiger partial charge on any atom is 0.146 e. The third-order valence-corrected chi connectivity index (χ3v) is 2.82. The van der Waals surface area contributed by atoms with Crippen LogP contribution in [0, 0.1) is 6.92 Å². The van der Waals surface area contributed by atoms with E-state index in [1.807, 2.05) is 18.5 Å². The zero-order chi connectivity index (χ0) is 12.9. The van der Waals surface area contributed by atoms with Gasteiger partial charge in [-0.2, -0.15) is 0 Å². The fourth-order valence-electron chi connectivity index (χ4n) is 1.46. The third-order valence-electron chi connectivity index (χ3n) is 2.82. The summed E-state index contributed by atoms with van der Waals surface area (Å²) in [4.78, 5) is 0. The highest BCUT2D eigenvalue weighted by molar-refractivity contribution is 4.92. The lowest BCUT2D eigenvalue weighted by Crippen LogP contribution is -2.38. The Bertz CT molecular complexity index is 349. The molecule has 6 heteroatoms. The Labute approximate surface area is 102 Å². The van der Waals surface area contributed by atoms with Gasteiger partial charge < -0.3 is 19.7 Å². The molecule has 1 aromatic rings. The number of aliphatic hydroxyl groups is 1. The van der Waals surface area contributed by atoms with Gasteiger partial charge in [0.15, 0.2) is 0 Å². The van der Waals surface area contributed by atoms with Gasteiger partial charge in [0, 0.05) is 33.7 Å². The number of nitrogens with zero attached hydrogens (tertiary/aromatic N) is 3. The van der Waals surface area contributed by atoms with Gasteiger partial charge >= 0.3 is 0 Å². The Kier molecular flexibility index (Phi) is 5.04. The number of ether oxygens (including phenoxy) is 1. The van der Waals surface area contributed by atoms with Crippen LogP contribution in [-0.2, 0) is 18.3 Å². The van der Waals surface area contributed by atoms with Crippen LogP contribution >= 0.6 is 0 Å². The second kappa shape index (κ2) is 6.09. The lowest BCUT2D eigenvalue weighted by atomic mass is 10.0. The number of methoxy groups -OCH3 is 1. The number of hydrogen-bond donors (Lipinski definition) is 2. The van der Waals surface area contributed by atoms with Crippen molar-refractivity contribution in [3.63, 3.8) is 0 Å². The van der Waals surface area contributed by atoms with Crippen molar-refractivity contribution in [2.45, 2.75) is 32.4 Å². The van der Waals surface area contributed by atoms with Gasteiger partial charge in [0.1, 0.15) is 11.6 Å². The quantitative estimate of drug-likeness (QED) is 0.704. The van der Waals surface area contributed by atoms with Crippen LogP contribution in [0.5, 0.6) is 0 Å². The molecule has 6 nitrogen and oxygen atoms in total. The summed E-state index contributed by atoms with van der Waals surface area (Å²) in [5.74, 6) is 1.75. The first-order chi connectivity index (χ1) is 7.96. The first-order valence-electron chi connectivity index (χ1n) is 5.73. The molecule has 0 aromatic carbocycles. The molecule has 0 bridgehead atoms. The summed E-state index contributed by atoms with van der Waals surface area (Å²) in [7, 11) is 3.56. The predicted molar refractivity (Wildman–Crippen MR) is 64.6 cm³/mol. The molecule has 0 aliphatic rings. The van der Waals surface area contributed by atoms with Gasteiger partial charge in [0.25, 0.3) is 0 Å². The van der Waals surface area contributed by atoms with Crippen molar-refractivity contribution in [2.24, 2.45) is 7.05 Å². The molecular weight excluding hydrogens is 220 g/mol. The van der Waals surface area contributed by atoms with Crippen LogP contribution in [0.4, 0.5) is 0 Å². The monoisotopic (exact) mass is 242 g/mol. The molecule has 0 fully saturated rings. The van der Waals surface area contributed by atoms with Gasteiger partial charge in [0.05, 0.1) is 12.1 Å². The molecule has 98 valence electrons. The first kappa shape index (κ1) is 14.1. The number of hydrogen-bond acceptors (Lipinski definition) is 5. The number of rotatable bonds is 7. The van der Waals surface area contributed by atoms with E-state index in [-0.39, 0.29) is 0 Å². The molecule has 0 saturated heterocycles. The van der Waals surface area contributed by atoms with Gasteiger partial charge in [-0.25, -0.2) is 0 Å². The molecule has 1 atom stereocenters. The molecule has 2 N–H and O–H groups in total. The van der Waals surface area contributed by atoms with Crippen molar-refractivity contribution >= 4 is 0 Å². The molecule has 0 radical (unpaired) electrons. The van der Waals surface area contributed by atoms with E-state index >= 15 is 0 Å². The van der Waals surface area contributed by atoms with E-state index in [1.54, 1.807) is 14.0 Å². The maximum absolute atomic E-state index is 10.0.